The number of benzene rings is 2. The van der Waals surface area contributed by atoms with Crippen LogP contribution in [0.2, 0.25) is 0 Å². The molecule has 5 rings (SSSR count). The number of carbonyl (C=O) groups excluding carboxylic acids is 1. The Bertz CT molecular complexity index is 1200. The number of nitrogens with one attached hydrogen (secondary N) is 2. The van der Waals surface area contributed by atoms with Crippen LogP contribution in [-0.2, 0) is 17.7 Å². The smallest absolute Gasteiger partial charge is 0.407 e. The largest absolute Gasteiger partial charge is 0.495 e. The predicted molar refractivity (Wildman–Crippen MR) is 127 cm³/mol. The van der Waals surface area contributed by atoms with Crippen LogP contribution in [-0.4, -0.2) is 67.9 Å². The molecule has 3 aromatic rings. The summed E-state index contributed by atoms with van der Waals surface area (Å²) in [6, 6.07) is 10.3. The molecule has 3 heterocycles. The number of amides is 1. The lowest BCUT2D eigenvalue weighted by molar-refractivity contribution is 0.143. The summed E-state index contributed by atoms with van der Waals surface area (Å²) in [6.07, 6.45) is 2.30. The number of anilines is 3. The van der Waals surface area contributed by atoms with E-state index in [9.17, 15) is 4.79 Å². The standard InChI is InChI=1S/C24H28N6O3/c1-29-7-6-15-9-22(32-3)21(8-17(15)13-29)28-23-25-11-16-4-5-18(10-20(16)27-23)30(2)14-19-12-26-24(31)33-19/h4-5,8-11,19H,6-7,12-14H2,1-3H3,(H,26,31)(H,25,27,28)/t19-/m0/s1. The number of aromatic nitrogens is 2. The van der Waals surface area contributed by atoms with Gasteiger partial charge in [0.25, 0.3) is 0 Å². The molecule has 9 nitrogen and oxygen atoms in total. The van der Waals surface area contributed by atoms with Crippen LogP contribution in [0.15, 0.2) is 36.5 Å². The van der Waals surface area contributed by atoms with Crippen LogP contribution >= 0.6 is 0 Å². The van der Waals surface area contributed by atoms with Gasteiger partial charge in [0.15, 0.2) is 0 Å². The molecule has 1 aromatic heterocycles. The Morgan fingerprint density at radius 2 is 2.18 bits per heavy atom. The molecule has 0 spiro atoms. The molecule has 1 saturated heterocycles. The first-order chi connectivity index (χ1) is 16.0. The number of carbonyl (C=O) groups is 1. The minimum atomic E-state index is -0.361. The van der Waals surface area contributed by atoms with E-state index in [0.717, 1.165) is 47.5 Å². The summed E-state index contributed by atoms with van der Waals surface area (Å²) in [5, 5.41) is 6.99. The number of hydrogen-bond acceptors (Lipinski definition) is 8. The number of cyclic esters (lactones) is 1. The van der Waals surface area contributed by atoms with E-state index in [1.807, 2.05) is 31.4 Å². The summed E-state index contributed by atoms with van der Waals surface area (Å²) in [4.78, 5) is 24.9. The van der Waals surface area contributed by atoms with Crippen LogP contribution in [0.1, 0.15) is 11.1 Å². The van der Waals surface area contributed by atoms with Gasteiger partial charge in [0.1, 0.15) is 11.9 Å². The monoisotopic (exact) mass is 448 g/mol. The van der Waals surface area contributed by atoms with E-state index >= 15 is 0 Å². The van der Waals surface area contributed by atoms with Crippen molar-refractivity contribution in [3.8, 4) is 5.75 Å². The summed E-state index contributed by atoms with van der Waals surface area (Å²) < 4.78 is 10.9. The molecule has 0 radical (unpaired) electrons. The third-order valence-electron chi connectivity index (χ3n) is 6.20. The van der Waals surface area contributed by atoms with Gasteiger partial charge in [0.05, 0.1) is 31.4 Å². The third kappa shape index (κ3) is 4.49. The summed E-state index contributed by atoms with van der Waals surface area (Å²) in [5.74, 6) is 1.30. The molecule has 1 atom stereocenters. The molecule has 1 fully saturated rings. The van der Waals surface area contributed by atoms with Gasteiger partial charge in [0.2, 0.25) is 5.95 Å². The fourth-order valence-corrected chi connectivity index (χ4v) is 4.37. The van der Waals surface area contributed by atoms with Crippen molar-refractivity contribution in [3.63, 3.8) is 0 Å². The maximum atomic E-state index is 11.3. The van der Waals surface area contributed by atoms with Gasteiger partial charge in [-0.1, -0.05) is 0 Å². The number of likely N-dealkylation sites (N-methyl/N-ethyl adjacent to an activating group) is 2. The van der Waals surface area contributed by atoms with Crippen molar-refractivity contribution < 1.29 is 14.3 Å². The zero-order chi connectivity index (χ0) is 22.9. The van der Waals surface area contributed by atoms with Crippen molar-refractivity contribution in [2.75, 3.05) is 51.1 Å². The van der Waals surface area contributed by atoms with Gasteiger partial charge in [-0.3, -0.25) is 0 Å². The van der Waals surface area contributed by atoms with Gasteiger partial charge in [0, 0.05) is 37.4 Å². The average molecular weight is 449 g/mol. The SMILES string of the molecule is COc1cc2c(cc1Nc1ncc3ccc(N(C)C[C@@H]4CNC(=O)O4)cc3n1)CN(C)CC2. The minimum absolute atomic E-state index is 0.170. The molecule has 33 heavy (non-hydrogen) atoms. The van der Waals surface area contributed by atoms with E-state index in [4.69, 9.17) is 14.5 Å². The highest BCUT2D eigenvalue weighted by Gasteiger charge is 2.24. The van der Waals surface area contributed by atoms with Crippen LogP contribution < -0.4 is 20.3 Å². The van der Waals surface area contributed by atoms with Crippen LogP contribution in [0.25, 0.3) is 10.9 Å². The lowest BCUT2D eigenvalue weighted by Gasteiger charge is -2.26. The molecule has 9 heteroatoms. The van der Waals surface area contributed by atoms with Crippen LogP contribution in [0, 0.1) is 0 Å². The van der Waals surface area contributed by atoms with Crippen molar-refractivity contribution in [3.05, 3.63) is 47.7 Å². The van der Waals surface area contributed by atoms with Crippen molar-refractivity contribution in [1.29, 1.82) is 0 Å². The molecule has 172 valence electrons. The summed E-state index contributed by atoms with van der Waals surface area (Å²) in [7, 11) is 5.79. The molecule has 1 amide bonds. The topological polar surface area (TPSA) is 91.9 Å². The maximum absolute atomic E-state index is 11.3. The number of methoxy groups -OCH3 is 1. The maximum Gasteiger partial charge on any atom is 0.407 e. The molecule has 0 bridgehead atoms. The van der Waals surface area contributed by atoms with Gasteiger partial charge in [-0.2, -0.15) is 0 Å². The van der Waals surface area contributed by atoms with Crippen LogP contribution in [0.3, 0.4) is 0 Å². The number of alkyl carbamates (subject to hydrolysis) is 1. The first-order valence-electron chi connectivity index (χ1n) is 11.1. The van der Waals surface area contributed by atoms with Crippen LogP contribution in [0.5, 0.6) is 5.75 Å². The Hall–Kier alpha value is -3.59. The van der Waals surface area contributed by atoms with Crippen molar-refractivity contribution in [1.82, 2.24) is 20.2 Å². The van der Waals surface area contributed by atoms with E-state index in [0.29, 0.717) is 19.0 Å². The number of hydrogen-bond donors (Lipinski definition) is 2. The second-order valence-electron chi connectivity index (χ2n) is 8.66. The molecule has 0 aliphatic carbocycles. The lowest BCUT2D eigenvalue weighted by atomic mass is 9.99. The van der Waals surface area contributed by atoms with E-state index in [1.165, 1.54) is 11.1 Å². The Morgan fingerprint density at radius 3 is 2.97 bits per heavy atom. The highest BCUT2D eigenvalue weighted by Crippen LogP contribution is 2.33. The average Bonchev–Trinajstić information content (AvgIpc) is 3.22. The molecule has 2 N–H and O–H groups in total. The Labute approximate surface area is 192 Å². The van der Waals surface area contributed by atoms with Gasteiger partial charge in [-0.05, 0) is 54.9 Å². The first kappa shape index (κ1) is 21.3. The number of rotatable bonds is 6. The quantitative estimate of drug-likeness (QED) is 0.595. The highest BCUT2D eigenvalue weighted by molar-refractivity contribution is 5.83. The second kappa shape index (κ2) is 8.74. The third-order valence-corrected chi connectivity index (χ3v) is 6.20. The van der Waals surface area contributed by atoms with Gasteiger partial charge in [-0.25, -0.2) is 14.8 Å². The van der Waals surface area contributed by atoms with Crippen LogP contribution in [0.4, 0.5) is 22.1 Å². The fourth-order valence-electron chi connectivity index (χ4n) is 4.37. The van der Waals surface area contributed by atoms with Gasteiger partial charge < -0.3 is 29.9 Å². The van der Waals surface area contributed by atoms with E-state index in [2.05, 4.69) is 44.6 Å². The zero-order valence-corrected chi connectivity index (χ0v) is 19.1. The second-order valence-corrected chi connectivity index (χ2v) is 8.66. The minimum Gasteiger partial charge on any atom is -0.495 e. The molecule has 2 aliphatic heterocycles. The van der Waals surface area contributed by atoms with Crippen molar-refractivity contribution >= 4 is 34.3 Å². The van der Waals surface area contributed by atoms with E-state index in [1.54, 1.807) is 7.11 Å². The number of fused-ring (bicyclic) bond motifs is 2. The summed E-state index contributed by atoms with van der Waals surface area (Å²) >= 11 is 0. The predicted octanol–water partition coefficient (Wildman–Crippen LogP) is 2.91. The van der Waals surface area contributed by atoms with Gasteiger partial charge in [-0.15, -0.1) is 0 Å². The zero-order valence-electron chi connectivity index (χ0n) is 19.1. The molecule has 0 unspecified atom stereocenters. The highest BCUT2D eigenvalue weighted by atomic mass is 16.6. The van der Waals surface area contributed by atoms with Crippen molar-refractivity contribution in [2.45, 2.75) is 19.1 Å². The van der Waals surface area contributed by atoms with Gasteiger partial charge >= 0.3 is 6.09 Å². The molecule has 2 aromatic carbocycles. The van der Waals surface area contributed by atoms with E-state index in [-0.39, 0.29) is 12.2 Å². The number of nitrogens with zero attached hydrogens (tertiary/aromatic N) is 4. The van der Waals surface area contributed by atoms with E-state index < -0.39 is 0 Å². The Morgan fingerprint density at radius 1 is 1.30 bits per heavy atom. The Balaban J connectivity index is 1.39. The Kier molecular flexibility index (Phi) is 5.63. The molecular weight excluding hydrogens is 420 g/mol. The number of ether oxygens (including phenoxy) is 2. The first-order valence-corrected chi connectivity index (χ1v) is 11.1. The molecule has 2 aliphatic rings. The molecular formula is C24H28N6O3. The van der Waals surface area contributed by atoms with Crippen molar-refractivity contribution in [2.24, 2.45) is 0 Å². The fraction of sp³-hybridized carbons (Fsp3) is 0.375. The molecule has 0 saturated carbocycles. The summed E-state index contributed by atoms with van der Waals surface area (Å²) in [5.41, 5.74) is 5.29. The lowest BCUT2D eigenvalue weighted by Crippen LogP contribution is -2.31. The normalized spacial score (nSPS) is 17.9. The summed E-state index contributed by atoms with van der Waals surface area (Å²) in [6.45, 7) is 3.08.